The van der Waals surface area contributed by atoms with Crippen molar-refractivity contribution in [3.05, 3.63) is 47.2 Å². The molecule has 3 rings (SSSR count). The van der Waals surface area contributed by atoms with Gasteiger partial charge in [-0.15, -0.1) is 0 Å². The van der Waals surface area contributed by atoms with Crippen LogP contribution in [0, 0.1) is 6.92 Å². The lowest BCUT2D eigenvalue weighted by molar-refractivity contribution is 0.481. The molecule has 3 heteroatoms. The highest BCUT2D eigenvalue weighted by atomic mass is 15.4. The Bertz CT molecular complexity index is 539. The van der Waals surface area contributed by atoms with Gasteiger partial charge in [-0.05, 0) is 30.9 Å². The average Bonchev–Trinajstić information content (AvgIpc) is 2.81. The van der Waals surface area contributed by atoms with Crippen LogP contribution in [-0.4, -0.2) is 16.3 Å². The largest absolute Gasteiger partial charge is 0.370 e. The molecular weight excluding hydrogens is 222 g/mol. The maximum absolute atomic E-state index is 4.51. The fraction of sp³-hybridized carbons (Fsp3) is 0.400. The second-order valence-electron chi connectivity index (χ2n) is 4.95. The highest BCUT2D eigenvalue weighted by Crippen LogP contribution is 2.30. The van der Waals surface area contributed by atoms with Gasteiger partial charge in [0.1, 0.15) is 5.82 Å². The quantitative estimate of drug-likeness (QED) is 0.875. The highest BCUT2D eigenvalue weighted by molar-refractivity contribution is 5.46. The predicted molar refractivity (Wildman–Crippen MR) is 74.0 cm³/mol. The number of nitrogens with zero attached hydrogens (tertiary/aromatic N) is 2. The first kappa shape index (κ1) is 11.3. The molecule has 1 unspecified atom stereocenters. The van der Waals surface area contributed by atoms with Crippen molar-refractivity contribution < 1.29 is 0 Å². The number of fused-ring (bicyclic) bond motifs is 1. The molecule has 0 saturated heterocycles. The van der Waals surface area contributed by atoms with Crippen LogP contribution in [0.25, 0.3) is 0 Å². The molecular formula is C15H19N3. The third kappa shape index (κ3) is 1.80. The monoisotopic (exact) mass is 241 g/mol. The van der Waals surface area contributed by atoms with Crippen LogP contribution < -0.4 is 5.32 Å². The van der Waals surface area contributed by atoms with E-state index in [0.717, 1.165) is 19.4 Å². The standard InChI is InChI=1S/C15H19N3/c1-3-12-4-6-13(7-5-12)14-8-9-16-15-11(2)10-17-18(14)15/h4-7,10,14,16H,3,8-9H2,1-2H3. The average molecular weight is 241 g/mol. The van der Waals surface area contributed by atoms with Crippen LogP contribution in [0.15, 0.2) is 30.5 Å². The number of hydrogen-bond donors (Lipinski definition) is 1. The van der Waals surface area contributed by atoms with Crippen molar-refractivity contribution in [2.75, 3.05) is 11.9 Å². The van der Waals surface area contributed by atoms with Crippen molar-refractivity contribution >= 4 is 5.82 Å². The fourth-order valence-electron chi connectivity index (χ4n) is 2.64. The Morgan fingerprint density at radius 1 is 1.33 bits per heavy atom. The number of benzene rings is 1. The summed E-state index contributed by atoms with van der Waals surface area (Å²) in [5.74, 6) is 1.17. The summed E-state index contributed by atoms with van der Waals surface area (Å²) in [6, 6.07) is 9.33. The lowest BCUT2D eigenvalue weighted by Crippen LogP contribution is -2.24. The fourth-order valence-corrected chi connectivity index (χ4v) is 2.64. The van der Waals surface area contributed by atoms with E-state index in [-0.39, 0.29) is 0 Å². The molecule has 1 aromatic heterocycles. The molecule has 0 saturated carbocycles. The number of aromatic nitrogens is 2. The zero-order valence-corrected chi connectivity index (χ0v) is 11.0. The molecule has 1 aromatic carbocycles. The topological polar surface area (TPSA) is 29.9 Å². The Morgan fingerprint density at radius 3 is 2.83 bits per heavy atom. The molecule has 2 heterocycles. The Kier molecular flexibility index (Phi) is 2.82. The van der Waals surface area contributed by atoms with Crippen molar-refractivity contribution in [3.8, 4) is 0 Å². The molecule has 1 N–H and O–H groups in total. The molecule has 3 nitrogen and oxygen atoms in total. The minimum absolute atomic E-state index is 0.376. The molecule has 18 heavy (non-hydrogen) atoms. The Labute approximate surface area is 108 Å². The van der Waals surface area contributed by atoms with Gasteiger partial charge in [-0.2, -0.15) is 5.10 Å². The summed E-state index contributed by atoms with van der Waals surface area (Å²) < 4.78 is 2.12. The molecule has 0 fully saturated rings. The van der Waals surface area contributed by atoms with Gasteiger partial charge in [-0.25, -0.2) is 4.68 Å². The second-order valence-corrected chi connectivity index (χ2v) is 4.95. The zero-order chi connectivity index (χ0) is 12.5. The van der Waals surface area contributed by atoms with Crippen LogP contribution >= 0.6 is 0 Å². The van der Waals surface area contributed by atoms with Gasteiger partial charge in [0.25, 0.3) is 0 Å². The minimum Gasteiger partial charge on any atom is -0.370 e. The first-order chi connectivity index (χ1) is 8.79. The Hall–Kier alpha value is -1.77. The van der Waals surface area contributed by atoms with E-state index in [9.17, 15) is 0 Å². The number of rotatable bonds is 2. The first-order valence-electron chi connectivity index (χ1n) is 6.66. The Balaban J connectivity index is 1.97. The third-order valence-electron chi connectivity index (χ3n) is 3.76. The van der Waals surface area contributed by atoms with Crippen LogP contribution in [0.2, 0.25) is 0 Å². The van der Waals surface area contributed by atoms with E-state index >= 15 is 0 Å². The van der Waals surface area contributed by atoms with Gasteiger partial charge in [0.2, 0.25) is 0 Å². The molecule has 2 aromatic rings. The van der Waals surface area contributed by atoms with E-state index in [2.05, 4.69) is 53.2 Å². The van der Waals surface area contributed by atoms with Crippen molar-refractivity contribution in [2.45, 2.75) is 32.7 Å². The van der Waals surface area contributed by atoms with Crippen LogP contribution in [0.1, 0.15) is 36.1 Å². The minimum atomic E-state index is 0.376. The normalized spacial score (nSPS) is 18.2. The van der Waals surface area contributed by atoms with E-state index in [1.807, 2.05) is 6.20 Å². The SMILES string of the molecule is CCc1ccc(C2CCNc3c(C)cnn32)cc1. The van der Waals surface area contributed by atoms with Crippen LogP contribution in [0.3, 0.4) is 0 Å². The molecule has 0 bridgehead atoms. The molecule has 1 aliphatic rings. The van der Waals surface area contributed by atoms with Crippen molar-refractivity contribution in [1.82, 2.24) is 9.78 Å². The van der Waals surface area contributed by atoms with Gasteiger partial charge in [0.15, 0.2) is 0 Å². The van der Waals surface area contributed by atoms with Crippen molar-refractivity contribution in [3.63, 3.8) is 0 Å². The summed E-state index contributed by atoms with van der Waals surface area (Å²) in [5.41, 5.74) is 3.98. The summed E-state index contributed by atoms with van der Waals surface area (Å²) in [4.78, 5) is 0. The Morgan fingerprint density at radius 2 is 2.11 bits per heavy atom. The molecule has 0 amide bonds. The molecule has 0 spiro atoms. The number of hydrogen-bond acceptors (Lipinski definition) is 2. The van der Waals surface area contributed by atoms with Crippen LogP contribution in [0.5, 0.6) is 0 Å². The molecule has 94 valence electrons. The van der Waals surface area contributed by atoms with E-state index in [4.69, 9.17) is 0 Å². The first-order valence-corrected chi connectivity index (χ1v) is 6.66. The number of nitrogens with one attached hydrogen (secondary N) is 1. The summed E-state index contributed by atoms with van der Waals surface area (Å²) in [7, 11) is 0. The lowest BCUT2D eigenvalue weighted by Gasteiger charge is -2.26. The van der Waals surface area contributed by atoms with Gasteiger partial charge in [-0.3, -0.25) is 0 Å². The second kappa shape index (κ2) is 4.48. The summed E-state index contributed by atoms with van der Waals surface area (Å²) >= 11 is 0. The summed E-state index contributed by atoms with van der Waals surface area (Å²) in [5, 5.41) is 7.94. The molecule has 1 atom stereocenters. The van der Waals surface area contributed by atoms with Crippen molar-refractivity contribution in [1.29, 1.82) is 0 Å². The predicted octanol–water partition coefficient (Wildman–Crippen LogP) is 3.16. The highest BCUT2D eigenvalue weighted by Gasteiger charge is 2.22. The van der Waals surface area contributed by atoms with Crippen LogP contribution in [-0.2, 0) is 6.42 Å². The van der Waals surface area contributed by atoms with Gasteiger partial charge in [-0.1, -0.05) is 31.2 Å². The van der Waals surface area contributed by atoms with Gasteiger partial charge in [0, 0.05) is 12.1 Å². The molecule has 0 radical (unpaired) electrons. The molecule has 0 aliphatic carbocycles. The number of anilines is 1. The van der Waals surface area contributed by atoms with E-state index in [1.54, 1.807) is 0 Å². The summed E-state index contributed by atoms with van der Waals surface area (Å²) in [6.07, 6.45) is 4.14. The van der Waals surface area contributed by atoms with Crippen LogP contribution in [0.4, 0.5) is 5.82 Å². The number of aryl methyl sites for hydroxylation is 2. The van der Waals surface area contributed by atoms with Crippen molar-refractivity contribution in [2.24, 2.45) is 0 Å². The molecule has 1 aliphatic heterocycles. The van der Waals surface area contributed by atoms with E-state index in [1.165, 1.54) is 22.5 Å². The van der Waals surface area contributed by atoms with Gasteiger partial charge >= 0.3 is 0 Å². The van der Waals surface area contributed by atoms with Gasteiger partial charge < -0.3 is 5.32 Å². The smallest absolute Gasteiger partial charge is 0.127 e. The van der Waals surface area contributed by atoms with E-state index < -0.39 is 0 Å². The maximum Gasteiger partial charge on any atom is 0.127 e. The lowest BCUT2D eigenvalue weighted by atomic mass is 10.0. The zero-order valence-electron chi connectivity index (χ0n) is 11.0. The summed E-state index contributed by atoms with van der Waals surface area (Å²) in [6.45, 7) is 5.32. The van der Waals surface area contributed by atoms with E-state index in [0.29, 0.717) is 6.04 Å². The van der Waals surface area contributed by atoms with Gasteiger partial charge in [0.05, 0.1) is 12.2 Å². The third-order valence-corrected chi connectivity index (χ3v) is 3.76. The maximum atomic E-state index is 4.51.